The fourth-order valence-corrected chi connectivity index (χ4v) is 1.54. The van der Waals surface area contributed by atoms with Crippen molar-refractivity contribution in [2.45, 2.75) is 70.3 Å². The quantitative estimate of drug-likeness (QED) is 0.590. The van der Waals surface area contributed by atoms with Gasteiger partial charge in [0.25, 0.3) is 0 Å². The monoisotopic (exact) mass is 298 g/mol. The van der Waals surface area contributed by atoms with Crippen molar-refractivity contribution in [3.63, 3.8) is 0 Å². The summed E-state index contributed by atoms with van der Waals surface area (Å²) in [4.78, 5) is 0. The van der Waals surface area contributed by atoms with Crippen molar-refractivity contribution < 1.29 is 35.5 Å². The van der Waals surface area contributed by atoms with Crippen LogP contribution in [0, 0.1) is 0 Å². The molecule has 0 aromatic carbocycles. The number of halogens is 7. The standard InChI is InChI=1S/C11H17F7O/c1-3-5-7-8(6-4-2)19-9(12,10(13,14)15)11(16,17)18/h8H,3-7H2,1-2H3. The Bertz CT molecular complexity index is 245. The zero-order valence-corrected chi connectivity index (χ0v) is 10.7. The lowest BCUT2D eigenvalue weighted by Gasteiger charge is -2.33. The topological polar surface area (TPSA) is 9.23 Å². The van der Waals surface area contributed by atoms with Crippen molar-refractivity contribution in [1.82, 2.24) is 0 Å². The predicted octanol–water partition coefficient (Wildman–Crippen LogP) is 5.15. The van der Waals surface area contributed by atoms with Gasteiger partial charge in [0.2, 0.25) is 0 Å². The van der Waals surface area contributed by atoms with Crippen molar-refractivity contribution in [3.05, 3.63) is 0 Å². The second-order valence-electron chi connectivity index (χ2n) is 4.26. The fourth-order valence-electron chi connectivity index (χ4n) is 1.54. The molecule has 0 rings (SSSR count). The molecule has 19 heavy (non-hydrogen) atoms. The lowest BCUT2D eigenvalue weighted by Crippen LogP contribution is -2.56. The Hall–Kier alpha value is -0.530. The summed E-state index contributed by atoms with van der Waals surface area (Å²) in [6.45, 7) is 3.29. The molecule has 0 amide bonds. The molecular formula is C11H17F7O. The van der Waals surface area contributed by atoms with Gasteiger partial charge >= 0.3 is 18.2 Å². The van der Waals surface area contributed by atoms with Gasteiger partial charge in [-0.3, -0.25) is 0 Å². The Balaban J connectivity index is 5.08. The van der Waals surface area contributed by atoms with Crippen LogP contribution in [0.3, 0.4) is 0 Å². The summed E-state index contributed by atoms with van der Waals surface area (Å²) < 4.78 is 90.9. The number of unbranched alkanes of at least 4 members (excludes halogenated alkanes) is 1. The Kier molecular flexibility index (Phi) is 6.57. The van der Waals surface area contributed by atoms with E-state index >= 15 is 0 Å². The first-order valence-corrected chi connectivity index (χ1v) is 5.99. The maximum Gasteiger partial charge on any atom is 0.458 e. The molecule has 1 nitrogen and oxygen atoms in total. The van der Waals surface area contributed by atoms with E-state index in [1.165, 1.54) is 0 Å². The molecule has 0 spiro atoms. The maximum absolute atomic E-state index is 13.3. The first-order chi connectivity index (χ1) is 8.49. The second kappa shape index (κ2) is 6.76. The van der Waals surface area contributed by atoms with Gasteiger partial charge in [-0.05, 0) is 12.8 Å². The summed E-state index contributed by atoms with van der Waals surface area (Å²) >= 11 is 0. The van der Waals surface area contributed by atoms with Crippen molar-refractivity contribution in [3.8, 4) is 0 Å². The SMILES string of the molecule is CCCCC(CCC)OC(F)(C(F)(F)F)C(F)(F)F. The van der Waals surface area contributed by atoms with Crippen molar-refractivity contribution in [2.75, 3.05) is 0 Å². The molecule has 8 heteroatoms. The molecule has 0 fully saturated rings. The second-order valence-corrected chi connectivity index (χ2v) is 4.26. The molecule has 0 bridgehead atoms. The normalized spacial score (nSPS) is 15.6. The Morgan fingerprint density at radius 1 is 0.789 bits per heavy atom. The highest BCUT2D eigenvalue weighted by Gasteiger charge is 2.75. The lowest BCUT2D eigenvalue weighted by atomic mass is 10.1. The molecule has 0 aliphatic heterocycles. The van der Waals surface area contributed by atoms with Crippen LogP contribution in [0.5, 0.6) is 0 Å². The van der Waals surface area contributed by atoms with Gasteiger partial charge in [-0.25, -0.2) is 0 Å². The maximum atomic E-state index is 13.3. The zero-order chi connectivity index (χ0) is 15.3. The van der Waals surface area contributed by atoms with E-state index in [1.54, 1.807) is 13.8 Å². The van der Waals surface area contributed by atoms with Gasteiger partial charge in [0.05, 0.1) is 6.10 Å². The van der Waals surface area contributed by atoms with E-state index in [1.807, 2.05) is 0 Å². The highest BCUT2D eigenvalue weighted by Crippen LogP contribution is 2.48. The smallest absolute Gasteiger partial charge is 0.329 e. The van der Waals surface area contributed by atoms with Crippen LogP contribution in [0.4, 0.5) is 30.7 Å². The number of hydrogen-bond donors (Lipinski definition) is 0. The Morgan fingerprint density at radius 2 is 1.26 bits per heavy atom. The van der Waals surface area contributed by atoms with Crippen LogP contribution < -0.4 is 0 Å². The van der Waals surface area contributed by atoms with E-state index in [0.29, 0.717) is 19.3 Å². The van der Waals surface area contributed by atoms with Gasteiger partial charge in [0.15, 0.2) is 0 Å². The number of ether oxygens (including phenoxy) is 1. The summed E-state index contributed by atoms with van der Waals surface area (Å²) in [5, 5.41) is 0. The predicted molar refractivity (Wildman–Crippen MR) is 55.3 cm³/mol. The van der Waals surface area contributed by atoms with Crippen LogP contribution in [0.25, 0.3) is 0 Å². The molecular weight excluding hydrogens is 281 g/mol. The van der Waals surface area contributed by atoms with Crippen LogP contribution in [-0.2, 0) is 4.74 Å². The molecule has 0 aliphatic carbocycles. The Labute approximate surface area is 107 Å². The van der Waals surface area contributed by atoms with Gasteiger partial charge in [-0.15, -0.1) is 0 Å². The Morgan fingerprint density at radius 3 is 1.58 bits per heavy atom. The van der Waals surface area contributed by atoms with Gasteiger partial charge in [-0.2, -0.15) is 30.7 Å². The molecule has 0 aromatic rings. The third-order valence-electron chi connectivity index (χ3n) is 2.55. The first-order valence-electron chi connectivity index (χ1n) is 5.99. The molecule has 1 unspecified atom stereocenters. The van der Waals surface area contributed by atoms with E-state index < -0.39 is 24.3 Å². The van der Waals surface area contributed by atoms with Crippen LogP contribution in [-0.4, -0.2) is 24.3 Å². The number of rotatable bonds is 7. The average molecular weight is 298 g/mol. The zero-order valence-electron chi connectivity index (χ0n) is 10.7. The van der Waals surface area contributed by atoms with Gasteiger partial charge in [-0.1, -0.05) is 33.1 Å². The van der Waals surface area contributed by atoms with Crippen LogP contribution in [0.2, 0.25) is 0 Å². The number of hydrogen-bond acceptors (Lipinski definition) is 1. The minimum atomic E-state index is -6.15. The average Bonchev–Trinajstić information content (AvgIpc) is 2.22. The van der Waals surface area contributed by atoms with E-state index in [4.69, 9.17) is 0 Å². The fraction of sp³-hybridized carbons (Fsp3) is 1.00. The lowest BCUT2D eigenvalue weighted by molar-refractivity contribution is -0.439. The molecule has 0 radical (unpaired) electrons. The van der Waals surface area contributed by atoms with Crippen LogP contribution in [0.1, 0.15) is 46.0 Å². The van der Waals surface area contributed by atoms with E-state index in [-0.39, 0.29) is 12.8 Å². The van der Waals surface area contributed by atoms with Crippen LogP contribution >= 0.6 is 0 Å². The minimum absolute atomic E-state index is 0.0395. The molecule has 116 valence electrons. The molecule has 0 aromatic heterocycles. The molecule has 0 heterocycles. The molecule has 0 aliphatic rings. The highest BCUT2D eigenvalue weighted by molar-refractivity contribution is 4.87. The van der Waals surface area contributed by atoms with E-state index in [2.05, 4.69) is 4.74 Å². The number of alkyl halides is 7. The summed E-state index contributed by atoms with van der Waals surface area (Å²) in [7, 11) is 0. The van der Waals surface area contributed by atoms with Crippen molar-refractivity contribution >= 4 is 0 Å². The van der Waals surface area contributed by atoms with Crippen molar-refractivity contribution in [2.24, 2.45) is 0 Å². The third-order valence-corrected chi connectivity index (χ3v) is 2.55. The van der Waals surface area contributed by atoms with Gasteiger partial charge in [0.1, 0.15) is 0 Å². The summed E-state index contributed by atoms with van der Waals surface area (Å²) in [6.07, 6.45) is -12.6. The van der Waals surface area contributed by atoms with E-state index in [0.717, 1.165) is 0 Å². The molecule has 1 atom stereocenters. The highest BCUT2D eigenvalue weighted by atomic mass is 19.4. The van der Waals surface area contributed by atoms with Crippen molar-refractivity contribution in [1.29, 1.82) is 0 Å². The summed E-state index contributed by atoms with van der Waals surface area (Å²) in [5.41, 5.74) is 0. The largest absolute Gasteiger partial charge is 0.458 e. The third kappa shape index (κ3) is 4.81. The summed E-state index contributed by atoms with van der Waals surface area (Å²) in [6, 6.07) is 0. The molecule has 0 saturated carbocycles. The minimum Gasteiger partial charge on any atom is -0.329 e. The van der Waals surface area contributed by atoms with Crippen LogP contribution in [0.15, 0.2) is 0 Å². The van der Waals surface area contributed by atoms with Gasteiger partial charge < -0.3 is 4.74 Å². The van der Waals surface area contributed by atoms with E-state index in [9.17, 15) is 30.7 Å². The molecule has 0 saturated heterocycles. The van der Waals surface area contributed by atoms with Gasteiger partial charge in [0, 0.05) is 0 Å². The summed E-state index contributed by atoms with van der Waals surface area (Å²) in [5.74, 6) is -5.60. The first kappa shape index (κ1) is 18.5. The molecule has 0 N–H and O–H groups in total.